The Labute approximate surface area is 140 Å². The van der Waals surface area contributed by atoms with Gasteiger partial charge in [-0.25, -0.2) is 14.2 Å². The van der Waals surface area contributed by atoms with Crippen LogP contribution in [0.1, 0.15) is 27.2 Å². The summed E-state index contributed by atoms with van der Waals surface area (Å²) < 4.78 is 19.6. The van der Waals surface area contributed by atoms with Crippen LogP contribution in [0.25, 0.3) is 0 Å². The molecule has 4 heterocycles. The standard InChI is InChI=1S/C15H21BFN3O4/c1-15(2,3)24-14(21)20-10-5-11(20)8-19(7-10)13-12(17)4-9(6-18-13)16(22)23/h4,6,10-11,22-23H,5,7-8H2,1-3H3. The van der Waals surface area contributed by atoms with Crippen molar-refractivity contribution in [3.8, 4) is 0 Å². The molecule has 1 aromatic rings. The van der Waals surface area contributed by atoms with E-state index >= 15 is 0 Å². The first-order valence-corrected chi connectivity index (χ1v) is 7.93. The largest absolute Gasteiger partial charge is 0.490 e. The minimum Gasteiger partial charge on any atom is -0.444 e. The summed E-state index contributed by atoms with van der Waals surface area (Å²) in [5.41, 5.74) is -0.538. The van der Waals surface area contributed by atoms with Gasteiger partial charge in [0, 0.05) is 24.7 Å². The third-order valence-electron chi connectivity index (χ3n) is 4.24. The topological polar surface area (TPSA) is 86.1 Å². The first-order valence-electron chi connectivity index (χ1n) is 7.93. The van der Waals surface area contributed by atoms with Crippen LogP contribution < -0.4 is 10.4 Å². The summed E-state index contributed by atoms with van der Waals surface area (Å²) >= 11 is 0. The number of rotatable bonds is 2. The van der Waals surface area contributed by atoms with E-state index in [-0.39, 0.29) is 29.5 Å². The van der Waals surface area contributed by atoms with E-state index in [1.54, 1.807) is 9.80 Å². The SMILES string of the molecule is CC(C)(C)OC(=O)N1C2CC1CN(c1ncc(B(O)O)cc1F)C2. The molecular weight excluding hydrogens is 316 g/mol. The summed E-state index contributed by atoms with van der Waals surface area (Å²) in [7, 11) is -1.75. The summed E-state index contributed by atoms with van der Waals surface area (Å²) in [5.74, 6) is -0.441. The smallest absolute Gasteiger partial charge is 0.444 e. The number of pyridine rings is 1. The molecule has 0 saturated carbocycles. The monoisotopic (exact) mass is 337 g/mol. The van der Waals surface area contributed by atoms with Crippen LogP contribution in [0.5, 0.6) is 0 Å². The number of ether oxygens (including phenoxy) is 1. The van der Waals surface area contributed by atoms with E-state index in [0.717, 1.165) is 12.5 Å². The van der Waals surface area contributed by atoms with Gasteiger partial charge in [0.15, 0.2) is 11.6 Å². The highest BCUT2D eigenvalue weighted by Gasteiger charge is 2.49. The number of carbonyl (C=O) groups excluding carboxylic acids is 1. The fourth-order valence-electron chi connectivity index (χ4n) is 3.21. The van der Waals surface area contributed by atoms with Crippen LogP contribution in [-0.4, -0.2) is 63.9 Å². The first kappa shape index (κ1) is 17.0. The van der Waals surface area contributed by atoms with Crippen molar-refractivity contribution in [2.75, 3.05) is 18.0 Å². The number of carbonyl (C=O) groups is 1. The molecule has 9 heteroatoms. The minimum atomic E-state index is -1.75. The number of aromatic nitrogens is 1. The van der Waals surface area contributed by atoms with Gasteiger partial charge in [-0.15, -0.1) is 0 Å². The molecule has 1 amide bonds. The van der Waals surface area contributed by atoms with Crippen LogP contribution in [0.4, 0.5) is 15.0 Å². The molecule has 2 bridgehead atoms. The first-order chi connectivity index (χ1) is 11.2. The fraction of sp³-hybridized carbons (Fsp3) is 0.600. The van der Waals surface area contributed by atoms with E-state index in [1.807, 2.05) is 20.8 Å². The molecule has 2 atom stereocenters. The molecule has 2 unspecified atom stereocenters. The number of anilines is 1. The minimum absolute atomic E-state index is 0.00815. The molecule has 24 heavy (non-hydrogen) atoms. The molecule has 2 N–H and O–H groups in total. The van der Waals surface area contributed by atoms with Crippen LogP contribution in [-0.2, 0) is 4.74 Å². The molecule has 3 aliphatic rings. The third-order valence-corrected chi connectivity index (χ3v) is 4.24. The molecule has 130 valence electrons. The predicted octanol–water partition coefficient (Wildman–Crippen LogP) is 0.0985. The molecule has 0 radical (unpaired) electrons. The molecule has 0 aliphatic carbocycles. The Kier molecular flexibility index (Phi) is 4.17. The highest BCUT2D eigenvalue weighted by molar-refractivity contribution is 6.58. The third kappa shape index (κ3) is 3.18. The maximum absolute atomic E-state index is 14.2. The van der Waals surface area contributed by atoms with Crippen LogP contribution in [0.3, 0.4) is 0 Å². The summed E-state index contributed by atoms with van der Waals surface area (Å²) in [4.78, 5) is 19.7. The highest BCUT2D eigenvalue weighted by atomic mass is 19.1. The number of piperidine rings is 1. The number of hydrogen-bond acceptors (Lipinski definition) is 6. The Balaban J connectivity index is 1.69. The van der Waals surface area contributed by atoms with Gasteiger partial charge in [0.2, 0.25) is 0 Å². The van der Waals surface area contributed by atoms with Gasteiger partial charge in [0.1, 0.15) is 5.60 Å². The average molecular weight is 337 g/mol. The van der Waals surface area contributed by atoms with Gasteiger partial charge in [0.25, 0.3) is 0 Å². The van der Waals surface area contributed by atoms with Gasteiger partial charge >= 0.3 is 13.2 Å². The predicted molar refractivity (Wildman–Crippen MR) is 86.5 cm³/mol. The van der Waals surface area contributed by atoms with E-state index in [2.05, 4.69) is 4.98 Å². The van der Waals surface area contributed by atoms with Crippen LogP contribution >= 0.6 is 0 Å². The zero-order valence-electron chi connectivity index (χ0n) is 13.9. The van der Waals surface area contributed by atoms with Crippen molar-refractivity contribution in [1.29, 1.82) is 0 Å². The zero-order chi connectivity index (χ0) is 17.6. The molecule has 1 aromatic heterocycles. The Hall–Kier alpha value is -1.87. The van der Waals surface area contributed by atoms with Crippen molar-refractivity contribution in [2.24, 2.45) is 0 Å². The van der Waals surface area contributed by atoms with Gasteiger partial charge in [-0.2, -0.15) is 0 Å². The lowest BCUT2D eigenvalue weighted by Crippen LogP contribution is -2.70. The Morgan fingerprint density at radius 1 is 1.38 bits per heavy atom. The van der Waals surface area contributed by atoms with Gasteiger partial charge < -0.3 is 19.7 Å². The second-order valence-electron chi connectivity index (χ2n) is 7.28. The Morgan fingerprint density at radius 3 is 2.50 bits per heavy atom. The van der Waals surface area contributed by atoms with Crippen molar-refractivity contribution in [2.45, 2.75) is 44.9 Å². The van der Waals surface area contributed by atoms with Crippen molar-refractivity contribution in [3.05, 3.63) is 18.1 Å². The zero-order valence-corrected chi connectivity index (χ0v) is 13.9. The van der Waals surface area contributed by atoms with E-state index in [1.165, 1.54) is 6.20 Å². The maximum Gasteiger partial charge on any atom is 0.490 e. The molecule has 4 rings (SSSR count). The fourth-order valence-corrected chi connectivity index (χ4v) is 3.21. The lowest BCUT2D eigenvalue weighted by atomic mass is 9.81. The molecular formula is C15H21BFN3O4. The molecule has 3 aliphatic heterocycles. The quantitative estimate of drug-likeness (QED) is 0.745. The average Bonchev–Trinajstić information content (AvgIpc) is 2.44. The van der Waals surface area contributed by atoms with Crippen molar-refractivity contribution >= 4 is 24.5 Å². The summed E-state index contributed by atoms with van der Waals surface area (Å²) in [6.45, 7) is 6.41. The maximum atomic E-state index is 14.2. The highest BCUT2D eigenvalue weighted by Crippen LogP contribution is 2.35. The van der Waals surface area contributed by atoms with Gasteiger partial charge in [-0.1, -0.05) is 0 Å². The van der Waals surface area contributed by atoms with Crippen molar-refractivity contribution in [3.63, 3.8) is 0 Å². The van der Waals surface area contributed by atoms with Crippen LogP contribution in [0, 0.1) is 5.82 Å². The molecule has 0 aromatic carbocycles. The van der Waals surface area contributed by atoms with Crippen LogP contribution in [0.2, 0.25) is 0 Å². The lowest BCUT2D eigenvalue weighted by Gasteiger charge is -2.56. The molecule has 3 fully saturated rings. The number of nitrogens with zero attached hydrogens (tertiary/aromatic N) is 3. The van der Waals surface area contributed by atoms with E-state index < -0.39 is 18.5 Å². The van der Waals surface area contributed by atoms with Crippen molar-refractivity contribution in [1.82, 2.24) is 9.88 Å². The Bertz CT molecular complexity index is 640. The molecule has 0 spiro atoms. The van der Waals surface area contributed by atoms with E-state index in [0.29, 0.717) is 13.1 Å². The van der Waals surface area contributed by atoms with Gasteiger partial charge in [0.05, 0.1) is 12.1 Å². The second-order valence-corrected chi connectivity index (χ2v) is 7.28. The second kappa shape index (κ2) is 5.89. The number of halogens is 1. The van der Waals surface area contributed by atoms with Gasteiger partial charge in [-0.05, 0) is 33.3 Å². The summed E-state index contributed by atoms with van der Waals surface area (Å²) in [6, 6.07) is 1.02. The summed E-state index contributed by atoms with van der Waals surface area (Å²) in [6.07, 6.45) is 1.77. The number of piperazine rings is 1. The number of hydrogen-bond donors (Lipinski definition) is 2. The Morgan fingerprint density at radius 2 is 2.00 bits per heavy atom. The number of amides is 1. The normalized spacial score (nSPS) is 22.9. The lowest BCUT2D eigenvalue weighted by molar-refractivity contribution is -0.0381. The van der Waals surface area contributed by atoms with Crippen molar-refractivity contribution < 1.29 is 24.0 Å². The molecule has 7 nitrogen and oxygen atoms in total. The number of fused-ring (bicyclic) bond motifs is 2. The van der Waals surface area contributed by atoms with Gasteiger partial charge in [-0.3, -0.25) is 4.90 Å². The van der Waals surface area contributed by atoms with Crippen LogP contribution in [0.15, 0.2) is 12.3 Å². The summed E-state index contributed by atoms with van der Waals surface area (Å²) in [5, 5.41) is 18.1. The van der Waals surface area contributed by atoms with E-state index in [9.17, 15) is 9.18 Å². The van der Waals surface area contributed by atoms with E-state index in [4.69, 9.17) is 14.8 Å². The molecule has 3 saturated heterocycles.